The second-order valence-corrected chi connectivity index (χ2v) is 8.44. The van der Waals surface area contributed by atoms with E-state index in [0.717, 1.165) is 0 Å². The summed E-state index contributed by atoms with van der Waals surface area (Å²) >= 11 is 13.6. The minimum Gasteiger partial charge on any atom is -0.466 e. The maximum Gasteiger partial charge on any atom is 0.338 e. The summed E-state index contributed by atoms with van der Waals surface area (Å²) in [5.74, 6) is -2.87. The van der Waals surface area contributed by atoms with Crippen molar-refractivity contribution in [2.24, 2.45) is 5.73 Å². The first kappa shape index (κ1) is 21.5. The highest BCUT2D eigenvalue weighted by atomic mass is 35.5. The van der Waals surface area contributed by atoms with Crippen molar-refractivity contribution in [1.29, 1.82) is 0 Å². The first-order valence-corrected chi connectivity index (χ1v) is 10.3. The van der Waals surface area contributed by atoms with Crippen molar-refractivity contribution >= 4 is 52.8 Å². The van der Waals surface area contributed by atoms with Gasteiger partial charge in [0.2, 0.25) is 5.91 Å². The number of thioether (sulfide) groups is 1. The molecule has 1 fully saturated rings. The summed E-state index contributed by atoms with van der Waals surface area (Å²) in [7, 11) is 1.22. The van der Waals surface area contributed by atoms with Gasteiger partial charge in [-0.3, -0.25) is 9.69 Å². The molecule has 0 aliphatic carbocycles. The molecule has 29 heavy (non-hydrogen) atoms. The topological polar surface area (TPSA) is 98.9 Å². The highest BCUT2D eigenvalue weighted by Gasteiger charge is 2.49. The molecule has 10 heteroatoms. The van der Waals surface area contributed by atoms with E-state index >= 15 is 0 Å². The van der Waals surface area contributed by atoms with Gasteiger partial charge in [0.25, 0.3) is 0 Å². The number of esters is 2. The van der Waals surface area contributed by atoms with Gasteiger partial charge < -0.3 is 15.2 Å². The summed E-state index contributed by atoms with van der Waals surface area (Å²) < 4.78 is 10.1. The molecular formula is C19H18Cl2N2O5S. The Balaban J connectivity index is 2.34. The molecule has 0 saturated carbocycles. The zero-order chi connectivity index (χ0) is 21.5. The summed E-state index contributed by atoms with van der Waals surface area (Å²) in [5.41, 5.74) is 6.74. The number of nitrogens with zero attached hydrogens (tertiary/aromatic N) is 1. The fraction of sp³-hybridized carbons (Fsp3) is 0.316. The van der Waals surface area contributed by atoms with Gasteiger partial charge in [-0.1, -0.05) is 41.0 Å². The SMILES string of the molecule is CCOC(=O)C1=C(N)N2C(=O)[C@H](C)SC2=C(C(=O)OC)[C@@H]1c1ccc(Cl)cc1Cl. The Kier molecular flexibility index (Phi) is 6.16. The largest absolute Gasteiger partial charge is 0.466 e. The number of benzene rings is 1. The average Bonchev–Trinajstić information content (AvgIpc) is 2.96. The molecule has 1 aromatic carbocycles. The summed E-state index contributed by atoms with van der Waals surface area (Å²) in [6.07, 6.45) is 0. The lowest BCUT2D eigenvalue weighted by atomic mass is 9.82. The predicted octanol–water partition coefficient (Wildman–Crippen LogP) is 3.17. The second kappa shape index (κ2) is 8.30. The van der Waals surface area contributed by atoms with Crippen molar-refractivity contribution in [3.63, 3.8) is 0 Å². The molecular weight excluding hydrogens is 439 g/mol. The van der Waals surface area contributed by atoms with Crippen LogP contribution in [0, 0.1) is 0 Å². The number of rotatable bonds is 4. The summed E-state index contributed by atoms with van der Waals surface area (Å²) in [5, 5.41) is 0.439. The van der Waals surface area contributed by atoms with Crippen LogP contribution in [0.3, 0.4) is 0 Å². The molecule has 2 atom stereocenters. The van der Waals surface area contributed by atoms with Crippen molar-refractivity contribution in [3.05, 3.63) is 55.8 Å². The molecule has 154 valence electrons. The van der Waals surface area contributed by atoms with Gasteiger partial charge in [-0.15, -0.1) is 0 Å². The molecule has 0 aromatic heterocycles. The second-order valence-electron chi connectivity index (χ2n) is 6.26. The Morgan fingerprint density at radius 3 is 2.52 bits per heavy atom. The number of fused-ring (bicyclic) bond motifs is 1. The van der Waals surface area contributed by atoms with E-state index in [0.29, 0.717) is 15.6 Å². The van der Waals surface area contributed by atoms with Crippen LogP contribution in [-0.4, -0.2) is 41.7 Å². The van der Waals surface area contributed by atoms with E-state index in [1.54, 1.807) is 26.0 Å². The number of carbonyl (C=O) groups excluding carboxylic acids is 3. The number of hydrogen-bond acceptors (Lipinski definition) is 7. The number of methoxy groups -OCH3 is 1. The van der Waals surface area contributed by atoms with Crippen LogP contribution in [0.4, 0.5) is 0 Å². The molecule has 0 radical (unpaired) electrons. The van der Waals surface area contributed by atoms with E-state index in [9.17, 15) is 14.4 Å². The number of amides is 1. The lowest BCUT2D eigenvalue weighted by Crippen LogP contribution is -2.40. The van der Waals surface area contributed by atoms with Crippen molar-refractivity contribution in [2.45, 2.75) is 25.0 Å². The zero-order valence-electron chi connectivity index (χ0n) is 15.8. The summed E-state index contributed by atoms with van der Waals surface area (Å²) in [6, 6.07) is 4.69. The fourth-order valence-corrected chi connectivity index (χ4v) is 4.97. The fourth-order valence-electron chi connectivity index (χ4n) is 3.29. The number of halogens is 2. The highest BCUT2D eigenvalue weighted by Crippen LogP contribution is 2.50. The lowest BCUT2D eigenvalue weighted by molar-refractivity contribution is -0.139. The van der Waals surface area contributed by atoms with Gasteiger partial charge in [0.1, 0.15) is 5.82 Å². The van der Waals surface area contributed by atoms with Crippen LogP contribution in [0.2, 0.25) is 10.0 Å². The van der Waals surface area contributed by atoms with Gasteiger partial charge in [-0.05, 0) is 31.5 Å². The molecule has 1 amide bonds. The van der Waals surface area contributed by atoms with Crippen LogP contribution in [0.1, 0.15) is 25.3 Å². The van der Waals surface area contributed by atoms with Crippen molar-refractivity contribution < 1.29 is 23.9 Å². The van der Waals surface area contributed by atoms with Crippen LogP contribution < -0.4 is 5.73 Å². The quantitative estimate of drug-likeness (QED) is 0.694. The molecule has 2 aliphatic heterocycles. The van der Waals surface area contributed by atoms with E-state index in [4.69, 9.17) is 38.4 Å². The van der Waals surface area contributed by atoms with E-state index < -0.39 is 23.1 Å². The Morgan fingerprint density at radius 2 is 1.93 bits per heavy atom. The van der Waals surface area contributed by atoms with Crippen LogP contribution in [-0.2, 0) is 23.9 Å². The molecule has 0 unspecified atom stereocenters. The summed E-state index contributed by atoms with van der Waals surface area (Å²) in [4.78, 5) is 39.5. The molecule has 7 nitrogen and oxygen atoms in total. The number of ether oxygens (including phenoxy) is 2. The first-order valence-electron chi connectivity index (χ1n) is 8.67. The van der Waals surface area contributed by atoms with Crippen molar-refractivity contribution in [1.82, 2.24) is 4.90 Å². The van der Waals surface area contributed by atoms with Crippen LogP contribution in [0.15, 0.2) is 40.2 Å². The molecule has 1 saturated heterocycles. The zero-order valence-corrected chi connectivity index (χ0v) is 18.2. The van der Waals surface area contributed by atoms with Gasteiger partial charge in [-0.2, -0.15) is 0 Å². The number of carbonyl (C=O) groups is 3. The predicted molar refractivity (Wildman–Crippen MR) is 110 cm³/mol. The maximum atomic E-state index is 12.9. The van der Waals surface area contributed by atoms with Crippen molar-refractivity contribution in [2.75, 3.05) is 13.7 Å². The third-order valence-electron chi connectivity index (χ3n) is 4.56. The summed E-state index contributed by atoms with van der Waals surface area (Å²) in [6.45, 7) is 3.41. The molecule has 0 spiro atoms. The van der Waals surface area contributed by atoms with E-state index in [1.165, 1.54) is 29.8 Å². The molecule has 0 bridgehead atoms. The minimum absolute atomic E-state index is 0.0525. The van der Waals surface area contributed by atoms with Crippen LogP contribution >= 0.6 is 35.0 Å². The highest BCUT2D eigenvalue weighted by molar-refractivity contribution is 8.04. The Labute approximate surface area is 181 Å². The molecule has 3 rings (SSSR count). The average molecular weight is 457 g/mol. The van der Waals surface area contributed by atoms with Gasteiger partial charge in [-0.25, -0.2) is 9.59 Å². The van der Waals surface area contributed by atoms with Crippen LogP contribution in [0.5, 0.6) is 0 Å². The van der Waals surface area contributed by atoms with Gasteiger partial charge in [0, 0.05) is 10.0 Å². The maximum absolute atomic E-state index is 12.9. The monoisotopic (exact) mass is 456 g/mol. The Morgan fingerprint density at radius 1 is 1.24 bits per heavy atom. The molecule has 1 aromatic rings. The first-order chi connectivity index (χ1) is 13.7. The smallest absolute Gasteiger partial charge is 0.338 e. The van der Waals surface area contributed by atoms with E-state index in [-0.39, 0.29) is 34.5 Å². The number of hydrogen-bond donors (Lipinski definition) is 1. The lowest BCUT2D eigenvalue weighted by Gasteiger charge is -2.33. The number of nitrogens with two attached hydrogens (primary N) is 1. The molecule has 2 N–H and O–H groups in total. The third-order valence-corrected chi connectivity index (χ3v) is 6.30. The Hall–Kier alpha value is -2.16. The van der Waals surface area contributed by atoms with Gasteiger partial charge >= 0.3 is 11.9 Å². The molecule has 2 heterocycles. The van der Waals surface area contributed by atoms with E-state index in [2.05, 4.69) is 0 Å². The normalized spacial score (nSPS) is 21.4. The minimum atomic E-state index is -0.983. The van der Waals surface area contributed by atoms with Crippen molar-refractivity contribution in [3.8, 4) is 0 Å². The van der Waals surface area contributed by atoms with Crippen LogP contribution in [0.25, 0.3) is 0 Å². The molecule has 2 aliphatic rings. The third kappa shape index (κ3) is 3.60. The standard InChI is InChI=1S/C19H18Cl2N2O5S/c1-4-28-19(26)13-12(10-6-5-9(20)7-11(10)21)14(18(25)27-3)17-23(15(13)22)16(24)8(2)29-17/h5-8,12H,4,22H2,1-3H3/t8-,12+/m0/s1. The van der Waals surface area contributed by atoms with E-state index in [1.807, 2.05) is 0 Å². The van der Waals surface area contributed by atoms with Gasteiger partial charge in [0.05, 0.1) is 41.1 Å². The Bertz CT molecular complexity index is 975. The van der Waals surface area contributed by atoms with Gasteiger partial charge in [0.15, 0.2) is 0 Å².